The van der Waals surface area contributed by atoms with E-state index in [4.69, 9.17) is 0 Å². The second-order valence-electron chi connectivity index (χ2n) is 8.32. The molecule has 31 heavy (non-hydrogen) atoms. The van der Waals surface area contributed by atoms with E-state index in [0.29, 0.717) is 42.7 Å². The third-order valence-corrected chi connectivity index (χ3v) is 6.15. The van der Waals surface area contributed by atoms with Crippen molar-refractivity contribution in [2.24, 2.45) is 11.8 Å². The standard InChI is InChI=1S/C21H28N6O4/c28-13-26(31)12-15(11-14-5-1-2-6-14)20(30)27-18(9-10-22-27)19(29)25-21-23-16-7-3-4-8-17(16)24-21/h3-4,7-8,13-15,18,22,31H,1-2,5-6,9-12H2,(H2,23,24,25,29). The molecule has 0 radical (unpaired) electrons. The number of nitrogens with zero attached hydrogens (tertiary/aromatic N) is 3. The molecule has 1 aliphatic heterocycles. The van der Waals surface area contributed by atoms with Crippen molar-refractivity contribution >= 4 is 35.2 Å². The van der Waals surface area contributed by atoms with Crippen LogP contribution in [-0.4, -0.2) is 62.6 Å². The number of benzene rings is 1. The van der Waals surface area contributed by atoms with Crippen molar-refractivity contribution in [3.63, 3.8) is 0 Å². The molecule has 2 aliphatic rings. The monoisotopic (exact) mass is 428 g/mol. The third-order valence-electron chi connectivity index (χ3n) is 6.15. The molecular weight excluding hydrogens is 400 g/mol. The minimum atomic E-state index is -0.699. The first-order chi connectivity index (χ1) is 15.0. The van der Waals surface area contributed by atoms with Gasteiger partial charge in [0.2, 0.25) is 18.3 Å². The highest BCUT2D eigenvalue weighted by molar-refractivity contribution is 5.97. The SMILES string of the molecule is O=CN(O)CC(CC1CCCC1)C(=O)N1NCCC1C(=O)Nc1nc2ccccc2[nH]1. The van der Waals surface area contributed by atoms with Crippen molar-refractivity contribution in [3.8, 4) is 0 Å². The molecule has 1 saturated carbocycles. The summed E-state index contributed by atoms with van der Waals surface area (Å²) in [6.07, 6.45) is 5.70. The number of hydrogen-bond donors (Lipinski definition) is 4. The van der Waals surface area contributed by atoms with Gasteiger partial charge in [0.25, 0.3) is 5.91 Å². The number of H-pyrrole nitrogens is 1. The van der Waals surface area contributed by atoms with Crippen LogP contribution in [0.25, 0.3) is 11.0 Å². The number of hydrazine groups is 1. The smallest absolute Gasteiger partial charge is 0.251 e. The number of fused-ring (bicyclic) bond motifs is 1. The molecule has 2 unspecified atom stereocenters. The van der Waals surface area contributed by atoms with Crippen LogP contribution < -0.4 is 10.7 Å². The Balaban J connectivity index is 1.45. The quantitative estimate of drug-likeness (QED) is 0.287. The van der Waals surface area contributed by atoms with Crippen molar-refractivity contribution in [1.82, 2.24) is 25.5 Å². The van der Waals surface area contributed by atoms with Gasteiger partial charge < -0.3 is 4.98 Å². The van der Waals surface area contributed by atoms with Crippen molar-refractivity contribution in [2.45, 2.75) is 44.6 Å². The molecule has 10 heteroatoms. The maximum Gasteiger partial charge on any atom is 0.251 e. The van der Waals surface area contributed by atoms with Crippen LogP contribution in [0.3, 0.4) is 0 Å². The van der Waals surface area contributed by atoms with E-state index in [-0.39, 0.29) is 18.4 Å². The first kappa shape index (κ1) is 21.3. The Bertz CT molecular complexity index is 908. The molecule has 10 nitrogen and oxygen atoms in total. The van der Waals surface area contributed by atoms with E-state index in [0.717, 1.165) is 36.7 Å². The first-order valence-electron chi connectivity index (χ1n) is 10.8. The van der Waals surface area contributed by atoms with Gasteiger partial charge in [0.1, 0.15) is 6.04 Å². The zero-order valence-electron chi connectivity index (χ0n) is 17.3. The number of carbonyl (C=O) groups is 3. The fourth-order valence-electron chi connectivity index (χ4n) is 4.62. The molecule has 1 aromatic carbocycles. The van der Waals surface area contributed by atoms with Crippen LogP contribution in [0.5, 0.6) is 0 Å². The highest BCUT2D eigenvalue weighted by Crippen LogP contribution is 2.31. The van der Waals surface area contributed by atoms with Crippen LogP contribution in [0.1, 0.15) is 38.5 Å². The van der Waals surface area contributed by atoms with Crippen LogP contribution in [0.2, 0.25) is 0 Å². The number of para-hydroxylation sites is 2. The number of imidazole rings is 1. The van der Waals surface area contributed by atoms with Gasteiger partial charge in [0.05, 0.1) is 23.5 Å². The molecule has 1 saturated heterocycles. The molecule has 2 fully saturated rings. The minimum absolute atomic E-state index is 0.0884. The topological polar surface area (TPSA) is 131 Å². The van der Waals surface area contributed by atoms with Gasteiger partial charge in [-0.1, -0.05) is 37.8 Å². The summed E-state index contributed by atoms with van der Waals surface area (Å²) in [5.74, 6) is -0.483. The van der Waals surface area contributed by atoms with Gasteiger partial charge in [0.15, 0.2) is 0 Å². The summed E-state index contributed by atoms with van der Waals surface area (Å²) in [7, 11) is 0. The molecule has 166 valence electrons. The lowest BCUT2D eigenvalue weighted by atomic mass is 9.92. The van der Waals surface area contributed by atoms with Gasteiger partial charge in [0, 0.05) is 6.54 Å². The maximum absolute atomic E-state index is 13.3. The molecule has 4 N–H and O–H groups in total. The summed E-state index contributed by atoms with van der Waals surface area (Å²) in [4.78, 5) is 44.6. The molecule has 1 aliphatic carbocycles. The van der Waals surface area contributed by atoms with Crippen LogP contribution in [-0.2, 0) is 14.4 Å². The highest BCUT2D eigenvalue weighted by atomic mass is 16.5. The Morgan fingerprint density at radius 1 is 1.29 bits per heavy atom. The maximum atomic E-state index is 13.3. The predicted molar refractivity (Wildman–Crippen MR) is 113 cm³/mol. The lowest BCUT2D eigenvalue weighted by Gasteiger charge is -2.29. The molecule has 1 aromatic heterocycles. The van der Waals surface area contributed by atoms with Gasteiger partial charge in [-0.2, -0.15) is 0 Å². The fourth-order valence-corrected chi connectivity index (χ4v) is 4.62. The van der Waals surface area contributed by atoms with Crippen LogP contribution in [0, 0.1) is 11.8 Å². The van der Waals surface area contributed by atoms with E-state index in [1.165, 1.54) is 5.01 Å². The molecule has 3 amide bonds. The third kappa shape index (κ3) is 4.86. The van der Waals surface area contributed by atoms with Crippen LogP contribution in [0.4, 0.5) is 5.95 Å². The summed E-state index contributed by atoms with van der Waals surface area (Å²) in [6, 6.07) is 6.75. The fraction of sp³-hybridized carbons (Fsp3) is 0.524. The van der Waals surface area contributed by atoms with Gasteiger partial charge in [-0.25, -0.2) is 15.5 Å². The predicted octanol–water partition coefficient (Wildman–Crippen LogP) is 1.65. The second-order valence-corrected chi connectivity index (χ2v) is 8.32. The first-order valence-corrected chi connectivity index (χ1v) is 10.8. The number of carbonyl (C=O) groups excluding carboxylic acids is 3. The Morgan fingerprint density at radius 2 is 2.06 bits per heavy atom. The van der Waals surface area contributed by atoms with Gasteiger partial charge in [-0.05, 0) is 30.9 Å². The lowest BCUT2D eigenvalue weighted by Crippen LogP contribution is -2.51. The van der Waals surface area contributed by atoms with Gasteiger partial charge >= 0.3 is 0 Å². The number of rotatable bonds is 8. The summed E-state index contributed by atoms with van der Waals surface area (Å²) in [5.41, 5.74) is 4.55. The number of amides is 3. The molecule has 4 rings (SSSR count). The number of aromatic amines is 1. The average molecular weight is 428 g/mol. The van der Waals surface area contributed by atoms with E-state index >= 15 is 0 Å². The molecule has 2 heterocycles. The summed E-state index contributed by atoms with van der Waals surface area (Å²) in [6.45, 7) is 0.394. The van der Waals surface area contributed by atoms with Crippen LogP contribution >= 0.6 is 0 Å². The van der Waals surface area contributed by atoms with E-state index in [1.807, 2.05) is 24.3 Å². The molecule has 0 spiro atoms. The molecule has 2 atom stereocenters. The summed E-state index contributed by atoms with van der Waals surface area (Å²) < 4.78 is 0. The highest BCUT2D eigenvalue weighted by Gasteiger charge is 2.39. The largest absolute Gasteiger partial charge is 0.324 e. The molecule has 0 bridgehead atoms. The normalized spacial score (nSPS) is 20.2. The van der Waals surface area contributed by atoms with Crippen LogP contribution in [0.15, 0.2) is 24.3 Å². The number of anilines is 1. The zero-order chi connectivity index (χ0) is 21.8. The number of aromatic nitrogens is 2. The van der Waals surface area contributed by atoms with E-state index < -0.39 is 12.0 Å². The number of hydrogen-bond acceptors (Lipinski definition) is 6. The van der Waals surface area contributed by atoms with E-state index in [2.05, 4.69) is 20.7 Å². The zero-order valence-corrected chi connectivity index (χ0v) is 17.3. The average Bonchev–Trinajstić information content (AvgIpc) is 3.52. The summed E-state index contributed by atoms with van der Waals surface area (Å²) in [5, 5.41) is 14.4. The van der Waals surface area contributed by atoms with Gasteiger partial charge in [-0.15, -0.1) is 0 Å². The molecule has 2 aromatic rings. The van der Waals surface area contributed by atoms with Crippen molar-refractivity contribution in [2.75, 3.05) is 18.4 Å². The Hall–Kier alpha value is -2.98. The summed E-state index contributed by atoms with van der Waals surface area (Å²) >= 11 is 0. The Labute approximate surface area is 179 Å². The van der Waals surface area contributed by atoms with E-state index in [1.54, 1.807) is 0 Å². The number of nitrogens with one attached hydrogen (secondary N) is 3. The Kier molecular flexibility index (Phi) is 6.47. The minimum Gasteiger partial charge on any atom is -0.324 e. The van der Waals surface area contributed by atoms with E-state index in [9.17, 15) is 19.6 Å². The van der Waals surface area contributed by atoms with Crippen molar-refractivity contribution in [1.29, 1.82) is 0 Å². The van der Waals surface area contributed by atoms with Gasteiger partial charge in [-0.3, -0.25) is 29.9 Å². The molecular formula is C21H28N6O4. The second kappa shape index (κ2) is 9.44. The lowest BCUT2D eigenvalue weighted by molar-refractivity contribution is -0.159. The number of hydroxylamine groups is 2. The van der Waals surface area contributed by atoms with Crippen molar-refractivity contribution in [3.05, 3.63) is 24.3 Å². The van der Waals surface area contributed by atoms with Crippen molar-refractivity contribution < 1.29 is 19.6 Å². The Morgan fingerprint density at radius 3 is 2.81 bits per heavy atom.